The molecule has 4 fully saturated rings. The Kier molecular flexibility index (Phi) is 24.9. The molecule has 0 bridgehead atoms. The van der Waals surface area contributed by atoms with Crippen LogP contribution in [0, 0.1) is 46.3 Å². The molecule has 5 aliphatic rings. The summed E-state index contributed by atoms with van der Waals surface area (Å²) in [6, 6.07) is 0. The Morgan fingerprint density at radius 1 is 0.803 bits per heavy atom. The molecule has 3 saturated carbocycles. The highest BCUT2D eigenvalue weighted by molar-refractivity contribution is 5.81. The van der Waals surface area contributed by atoms with Gasteiger partial charge in [-0.2, -0.15) is 0 Å². The van der Waals surface area contributed by atoms with E-state index >= 15 is 0 Å². The second-order valence-electron chi connectivity index (χ2n) is 23.0. The van der Waals surface area contributed by atoms with E-state index in [-0.39, 0.29) is 42.3 Å². The van der Waals surface area contributed by atoms with E-state index in [0.717, 1.165) is 93.9 Å². The van der Waals surface area contributed by atoms with Crippen LogP contribution in [0.2, 0.25) is 0 Å². The Morgan fingerprint density at radius 2 is 1.55 bits per heavy atom. The van der Waals surface area contributed by atoms with Crippen molar-refractivity contribution in [2.24, 2.45) is 46.3 Å². The predicted molar refractivity (Wildman–Crippen MR) is 275 cm³/mol. The Morgan fingerprint density at radius 3 is 2.30 bits per heavy atom. The van der Waals surface area contributed by atoms with Crippen LogP contribution in [0.3, 0.4) is 0 Å². The third kappa shape index (κ3) is 17.8. The lowest BCUT2D eigenvalue weighted by molar-refractivity contribution is -0.152. The van der Waals surface area contributed by atoms with Crippen LogP contribution in [0.15, 0.2) is 36.0 Å². The molecule has 66 heavy (non-hydrogen) atoms. The molecule has 4 aliphatic carbocycles. The summed E-state index contributed by atoms with van der Waals surface area (Å²) in [5.74, 6) is 4.59. The van der Waals surface area contributed by atoms with E-state index in [1.165, 1.54) is 135 Å². The van der Waals surface area contributed by atoms with Gasteiger partial charge in [0.15, 0.2) is 0 Å². The normalized spacial score (nSPS) is 28.8. The number of ether oxygens (including phenoxy) is 3. The molecule has 1 saturated heterocycles. The second kappa shape index (κ2) is 29.9. The fraction of sp³-hybridized carbons (Fsp3) is 0.864. The van der Waals surface area contributed by atoms with E-state index < -0.39 is 0 Å². The molecule has 0 aromatic heterocycles. The van der Waals surface area contributed by atoms with Crippen molar-refractivity contribution in [3.05, 3.63) is 36.0 Å². The van der Waals surface area contributed by atoms with Crippen LogP contribution >= 0.6 is 0 Å². The number of piperidine rings is 1. The van der Waals surface area contributed by atoms with E-state index in [9.17, 15) is 9.59 Å². The average Bonchev–Trinajstić information content (AvgIpc) is 3.67. The number of hydrogen-bond donors (Lipinski definition) is 1. The quantitative estimate of drug-likeness (QED) is 0.0412. The van der Waals surface area contributed by atoms with Crippen LogP contribution in [0.5, 0.6) is 0 Å². The van der Waals surface area contributed by atoms with E-state index in [1.807, 2.05) is 0 Å². The molecule has 0 aromatic carbocycles. The van der Waals surface area contributed by atoms with Gasteiger partial charge in [-0.25, -0.2) is 0 Å². The number of carbonyl (C=O) groups excluding carboxylic acids is 2. The van der Waals surface area contributed by atoms with Gasteiger partial charge in [0.25, 0.3) is 0 Å². The highest BCUT2D eigenvalue weighted by atomic mass is 16.5. The molecular formula is C59H102N2O5. The summed E-state index contributed by atoms with van der Waals surface area (Å²) in [7, 11) is 0. The standard InChI is InChI=1S/C59H102N2O5/c1-7-8-9-10-11-12-13-14-15-16-17-18-19-20-21-25-42-64-46-51(45-61-40-23-22-24-41-61)65-43-39-60-56(62)33-34-57(63)66-50-35-37-58(5)49(44-50)29-30-52-54-32-31-53(48(4)28-26-27-47(2)3)59(54,6)38-36-55(52)58/h11-12,14-15,29,47-48,50-55H,7-10,13,16-28,30-46H2,1-6H3,(H,60,62)/b12-11-,15-14-. The van der Waals surface area contributed by atoms with Crippen LogP contribution in [-0.2, 0) is 23.8 Å². The summed E-state index contributed by atoms with van der Waals surface area (Å²) >= 11 is 0. The number of unbranched alkanes of at least 4 members (excludes halogenated alkanes) is 9. The first kappa shape index (κ1) is 55.0. The fourth-order valence-corrected chi connectivity index (χ4v) is 13.7. The number of carbonyl (C=O) groups is 2. The van der Waals surface area contributed by atoms with Crippen molar-refractivity contribution in [1.82, 2.24) is 10.2 Å². The van der Waals surface area contributed by atoms with Crippen molar-refractivity contribution >= 4 is 11.9 Å². The van der Waals surface area contributed by atoms with Crippen molar-refractivity contribution in [1.29, 1.82) is 0 Å². The average molecular weight is 919 g/mol. The molecule has 7 heteroatoms. The van der Waals surface area contributed by atoms with Gasteiger partial charge in [-0.05, 0) is 156 Å². The first-order chi connectivity index (χ1) is 32.0. The molecule has 0 spiro atoms. The molecule has 1 aliphatic heterocycles. The maximum atomic E-state index is 13.1. The van der Waals surface area contributed by atoms with Crippen molar-refractivity contribution in [3.8, 4) is 0 Å². The molecule has 1 N–H and O–H groups in total. The topological polar surface area (TPSA) is 77.1 Å². The minimum Gasteiger partial charge on any atom is -0.462 e. The molecule has 9 unspecified atom stereocenters. The first-order valence-corrected chi connectivity index (χ1v) is 28.4. The maximum absolute atomic E-state index is 13.1. The summed E-state index contributed by atoms with van der Waals surface area (Å²) in [6.07, 6.45) is 44.7. The lowest BCUT2D eigenvalue weighted by Crippen LogP contribution is -2.51. The van der Waals surface area contributed by atoms with Crippen molar-refractivity contribution in [2.45, 2.75) is 234 Å². The van der Waals surface area contributed by atoms with Gasteiger partial charge in [0.2, 0.25) is 5.91 Å². The lowest BCUT2D eigenvalue weighted by Gasteiger charge is -2.58. The van der Waals surface area contributed by atoms with Gasteiger partial charge in [0.05, 0.1) is 25.7 Å². The van der Waals surface area contributed by atoms with Gasteiger partial charge >= 0.3 is 5.97 Å². The zero-order chi connectivity index (χ0) is 47.0. The molecule has 9 atom stereocenters. The van der Waals surface area contributed by atoms with Gasteiger partial charge < -0.3 is 24.4 Å². The monoisotopic (exact) mass is 919 g/mol. The van der Waals surface area contributed by atoms with Crippen LogP contribution in [0.25, 0.3) is 0 Å². The predicted octanol–water partition coefficient (Wildman–Crippen LogP) is 14.5. The van der Waals surface area contributed by atoms with Gasteiger partial charge in [-0.15, -0.1) is 0 Å². The first-order valence-electron chi connectivity index (χ1n) is 28.4. The number of rotatable bonds is 32. The number of amides is 1. The largest absolute Gasteiger partial charge is 0.462 e. The van der Waals surface area contributed by atoms with Crippen LogP contribution in [0.1, 0.15) is 221 Å². The van der Waals surface area contributed by atoms with Crippen molar-refractivity contribution in [3.63, 3.8) is 0 Å². The molecule has 7 nitrogen and oxygen atoms in total. The minimum atomic E-state index is -0.240. The Bertz CT molecular complexity index is 1470. The minimum absolute atomic E-state index is 0.00596. The fourth-order valence-electron chi connectivity index (χ4n) is 13.7. The summed E-state index contributed by atoms with van der Waals surface area (Å²) in [6.45, 7) is 20.2. The Balaban J connectivity index is 0.923. The third-order valence-electron chi connectivity index (χ3n) is 17.6. The van der Waals surface area contributed by atoms with Crippen LogP contribution in [0.4, 0.5) is 0 Å². The van der Waals surface area contributed by atoms with E-state index in [2.05, 4.69) is 82.1 Å². The number of fused-ring (bicyclic) bond motifs is 5. The highest BCUT2D eigenvalue weighted by Crippen LogP contribution is 2.67. The molecule has 1 heterocycles. The number of likely N-dealkylation sites (tertiary alicyclic amines) is 1. The molecule has 5 rings (SSSR count). The summed E-state index contributed by atoms with van der Waals surface area (Å²) < 4.78 is 18.5. The zero-order valence-electron chi connectivity index (χ0n) is 43.7. The van der Waals surface area contributed by atoms with Gasteiger partial charge in [-0.3, -0.25) is 9.59 Å². The van der Waals surface area contributed by atoms with Gasteiger partial charge in [-0.1, -0.05) is 142 Å². The third-order valence-corrected chi connectivity index (χ3v) is 17.6. The SMILES string of the molecule is CCCCC/C=C\C/C=C\CCCCCCCCOCC(CN1CCCCC1)OCCNC(=O)CCC(=O)OC1CCC2(C)C(=CCC3C2CCC2(C)C(C(C)CCCC(C)C)CCC32)C1. The Hall–Kier alpha value is -1.96. The number of hydrogen-bond acceptors (Lipinski definition) is 6. The van der Waals surface area contributed by atoms with Crippen molar-refractivity contribution < 1.29 is 23.8 Å². The second-order valence-corrected chi connectivity index (χ2v) is 23.0. The summed E-state index contributed by atoms with van der Waals surface area (Å²) in [4.78, 5) is 28.4. The van der Waals surface area contributed by atoms with E-state index in [4.69, 9.17) is 14.2 Å². The van der Waals surface area contributed by atoms with Crippen LogP contribution < -0.4 is 5.32 Å². The molecule has 378 valence electrons. The number of nitrogens with zero attached hydrogens (tertiary/aromatic N) is 1. The number of nitrogens with one attached hydrogen (secondary N) is 1. The maximum Gasteiger partial charge on any atom is 0.306 e. The van der Waals surface area contributed by atoms with Crippen LogP contribution in [-0.4, -0.2) is 75.0 Å². The molecule has 0 radical (unpaired) electrons. The zero-order valence-corrected chi connectivity index (χ0v) is 43.7. The summed E-state index contributed by atoms with van der Waals surface area (Å²) in [5, 5.41) is 3.00. The van der Waals surface area contributed by atoms with E-state index in [1.54, 1.807) is 5.57 Å². The van der Waals surface area contributed by atoms with Gasteiger partial charge in [0.1, 0.15) is 6.10 Å². The summed E-state index contributed by atoms with van der Waals surface area (Å²) in [5.41, 5.74) is 2.28. The molecule has 0 aromatic rings. The highest BCUT2D eigenvalue weighted by Gasteiger charge is 2.59. The Labute approximate surface area is 406 Å². The molecule has 1 amide bonds. The smallest absolute Gasteiger partial charge is 0.306 e. The molecular weight excluding hydrogens is 817 g/mol. The number of allylic oxidation sites excluding steroid dienone is 5. The lowest BCUT2D eigenvalue weighted by atomic mass is 9.47. The van der Waals surface area contributed by atoms with Gasteiger partial charge in [0, 0.05) is 32.5 Å². The van der Waals surface area contributed by atoms with E-state index in [0.29, 0.717) is 25.2 Å². The number of esters is 1. The van der Waals surface area contributed by atoms with Crippen molar-refractivity contribution in [2.75, 3.05) is 46.0 Å².